The Balaban J connectivity index is 2.81. The van der Waals surface area contributed by atoms with E-state index in [0.717, 1.165) is 0 Å². The number of likely N-dealkylation sites (N-methyl/N-ethyl adjacent to an activating group) is 1. The van der Waals surface area contributed by atoms with E-state index in [-0.39, 0.29) is 19.1 Å². The second kappa shape index (κ2) is 15.4. The van der Waals surface area contributed by atoms with E-state index in [1.807, 2.05) is 6.07 Å². The molecule has 0 saturated carbocycles. The number of aliphatic carboxylic acids is 1. The van der Waals surface area contributed by atoms with Crippen LogP contribution in [0.2, 0.25) is 0 Å². The molecule has 0 bridgehead atoms. The SMILES string of the molecule is CCOC(=O)C(=N)/C(N)=C(\NC)C(=O)NC1OC(COC(POC(C#N)CC(C)N)C(=O)O)C(O)C1O. The molecule has 0 aromatic heterocycles. The molecule has 0 aromatic carbocycles. The second-order valence-corrected chi connectivity index (χ2v) is 8.80. The summed E-state index contributed by atoms with van der Waals surface area (Å²) in [6, 6.07) is 1.52. The average Bonchev–Trinajstić information content (AvgIpc) is 3.10. The van der Waals surface area contributed by atoms with Crippen molar-refractivity contribution in [2.45, 2.75) is 62.8 Å². The van der Waals surface area contributed by atoms with Crippen LogP contribution in [0.25, 0.3) is 0 Å². The van der Waals surface area contributed by atoms with Crippen LogP contribution in [0, 0.1) is 16.7 Å². The average molecular weight is 548 g/mol. The van der Waals surface area contributed by atoms with Crippen molar-refractivity contribution in [2.75, 3.05) is 20.3 Å². The fourth-order valence-electron chi connectivity index (χ4n) is 2.97. The van der Waals surface area contributed by atoms with Gasteiger partial charge >= 0.3 is 11.9 Å². The first-order valence-corrected chi connectivity index (χ1v) is 12.0. The molecule has 17 heteroatoms. The van der Waals surface area contributed by atoms with Gasteiger partial charge in [0.1, 0.15) is 30.1 Å². The van der Waals surface area contributed by atoms with Crippen molar-refractivity contribution >= 4 is 32.4 Å². The zero-order valence-electron chi connectivity index (χ0n) is 20.5. The smallest absolute Gasteiger partial charge is 0.358 e. The van der Waals surface area contributed by atoms with Crippen molar-refractivity contribution in [1.29, 1.82) is 10.7 Å². The first kappa shape index (κ1) is 32.1. The molecule has 0 aliphatic carbocycles. The number of esters is 1. The van der Waals surface area contributed by atoms with Crippen LogP contribution in [0.4, 0.5) is 0 Å². The highest BCUT2D eigenvalue weighted by Crippen LogP contribution is 2.27. The van der Waals surface area contributed by atoms with Crippen LogP contribution in [-0.2, 0) is 33.1 Å². The molecule has 8 atom stereocenters. The Kier molecular flexibility index (Phi) is 13.4. The summed E-state index contributed by atoms with van der Waals surface area (Å²) in [5, 5.41) is 51.5. The largest absolute Gasteiger partial charge is 0.479 e. The van der Waals surface area contributed by atoms with Crippen LogP contribution in [0.3, 0.4) is 0 Å². The Morgan fingerprint density at radius 3 is 2.46 bits per heavy atom. The summed E-state index contributed by atoms with van der Waals surface area (Å²) in [4.78, 5) is 35.9. The number of aliphatic hydroxyl groups is 2. The van der Waals surface area contributed by atoms with Crippen molar-refractivity contribution in [1.82, 2.24) is 10.6 Å². The van der Waals surface area contributed by atoms with Gasteiger partial charge in [0.15, 0.2) is 17.8 Å². The molecule has 0 radical (unpaired) electrons. The van der Waals surface area contributed by atoms with E-state index >= 15 is 0 Å². The number of carboxylic acids is 1. The Morgan fingerprint density at radius 1 is 1.30 bits per heavy atom. The molecular weight excluding hydrogens is 515 g/mol. The van der Waals surface area contributed by atoms with Crippen LogP contribution in [-0.4, -0.2) is 102 Å². The molecule has 16 nitrogen and oxygen atoms in total. The molecule has 1 fully saturated rings. The van der Waals surface area contributed by atoms with E-state index in [1.165, 1.54) is 14.0 Å². The maximum absolute atomic E-state index is 12.6. The minimum atomic E-state index is -1.64. The fourth-order valence-corrected chi connectivity index (χ4v) is 3.67. The van der Waals surface area contributed by atoms with Crippen LogP contribution in [0.15, 0.2) is 11.4 Å². The van der Waals surface area contributed by atoms with Gasteiger partial charge in [-0.05, 0) is 13.8 Å². The number of carboxylic acid groups (broad SMARTS) is 1. The summed E-state index contributed by atoms with van der Waals surface area (Å²) in [5.41, 5.74) is 9.64. The lowest BCUT2D eigenvalue weighted by molar-refractivity contribution is -0.148. The molecule has 1 aliphatic rings. The normalized spacial score (nSPS) is 24.5. The minimum absolute atomic E-state index is 0.0137. The summed E-state index contributed by atoms with van der Waals surface area (Å²) in [6.45, 7) is 2.67. The number of rotatable bonds is 15. The predicted octanol–water partition coefficient (Wildman–Crippen LogP) is -2.81. The first-order chi connectivity index (χ1) is 17.4. The number of hydrogen-bond donors (Lipinski definition) is 8. The van der Waals surface area contributed by atoms with Gasteiger partial charge < -0.3 is 56.2 Å². The highest BCUT2D eigenvalue weighted by atomic mass is 31.1. The molecule has 10 N–H and O–H groups in total. The van der Waals surface area contributed by atoms with Gasteiger partial charge in [-0.3, -0.25) is 10.2 Å². The first-order valence-electron chi connectivity index (χ1n) is 11.0. The number of ether oxygens (including phenoxy) is 3. The lowest BCUT2D eigenvalue weighted by atomic mass is 10.1. The third kappa shape index (κ3) is 9.48. The maximum Gasteiger partial charge on any atom is 0.358 e. The Bertz CT molecular complexity index is 911. The molecule has 1 saturated heterocycles. The number of nitrogens with zero attached hydrogens (tertiary/aromatic N) is 1. The van der Waals surface area contributed by atoms with Gasteiger partial charge in [0.2, 0.25) is 0 Å². The molecule has 1 amide bonds. The van der Waals surface area contributed by atoms with Crippen molar-refractivity contribution in [3.63, 3.8) is 0 Å². The fraction of sp³-hybridized carbons (Fsp3) is 0.650. The van der Waals surface area contributed by atoms with Crippen LogP contribution in [0.5, 0.6) is 0 Å². The molecular formula is C20H33N6O10P. The number of hydrogen-bond acceptors (Lipinski definition) is 14. The van der Waals surface area contributed by atoms with Gasteiger partial charge in [-0.25, -0.2) is 9.59 Å². The van der Waals surface area contributed by atoms with E-state index in [1.54, 1.807) is 6.92 Å². The van der Waals surface area contributed by atoms with E-state index in [9.17, 15) is 29.7 Å². The zero-order valence-corrected chi connectivity index (χ0v) is 21.5. The van der Waals surface area contributed by atoms with Crippen LogP contribution in [0.1, 0.15) is 20.3 Å². The molecule has 0 spiro atoms. The number of carbonyl (C=O) groups excluding carboxylic acids is 2. The maximum atomic E-state index is 12.6. The van der Waals surface area contributed by atoms with E-state index in [0.29, 0.717) is 0 Å². The summed E-state index contributed by atoms with van der Waals surface area (Å²) in [5.74, 6) is -4.92. The van der Waals surface area contributed by atoms with Crippen molar-refractivity contribution in [3.05, 3.63) is 11.4 Å². The number of carbonyl (C=O) groups is 3. The lowest BCUT2D eigenvalue weighted by Crippen LogP contribution is -2.46. The van der Waals surface area contributed by atoms with Crippen molar-refractivity contribution in [3.8, 4) is 6.07 Å². The van der Waals surface area contributed by atoms with Crippen LogP contribution < -0.4 is 22.1 Å². The molecule has 1 rings (SSSR count). The lowest BCUT2D eigenvalue weighted by Gasteiger charge is -2.20. The quantitative estimate of drug-likeness (QED) is 0.0444. The molecule has 208 valence electrons. The Morgan fingerprint density at radius 2 is 1.95 bits per heavy atom. The molecule has 1 aliphatic heterocycles. The van der Waals surface area contributed by atoms with Gasteiger partial charge in [0.25, 0.3) is 5.91 Å². The number of aliphatic hydroxyl groups excluding tert-OH is 2. The summed E-state index contributed by atoms with van der Waals surface area (Å²) in [7, 11) is 0.525. The number of nitriles is 1. The molecule has 0 aromatic rings. The Labute approximate surface area is 214 Å². The van der Waals surface area contributed by atoms with Gasteiger partial charge in [-0.2, -0.15) is 5.26 Å². The molecule has 1 heterocycles. The topological polar surface area (TPSA) is 273 Å². The predicted molar refractivity (Wildman–Crippen MR) is 128 cm³/mol. The monoisotopic (exact) mass is 548 g/mol. The third-order valence-corrected chi connectivity index (χ3v) is 5.88. The molecule has 37 heavy (non-hydrogen) atoms. The van der Waals surface area contributed by atoms with Gasteiger partial charge in [-0.15, -0.1) is 0 Å². The highest BCUT2D eigenvalue weighted by molar-refractivity contribution is 7.34. The van der Waals surface area contributed by atoms with Gasteiger partial charge in [0.05, 0.1) is 33.8 Å². The van der Waals surface area contributed by atoms with Gasteiger partial charge in [0, 0.05) is 19.5 Å². The third-order valence-electron chi connectivity index (χ3n) is 4.83. The summed E-state index contributed by atoms with van der Waals surface area (Å²) in [6.07, 6.45) is -6.70. The van der Waals surface area contributed by atoms with E-state index in [4.69, 9.17) is 36.1 Å². The zero-order chi connectivity index (χ0) is 28.3. The van der Waals surface area contributed by atoms with Crippen molar-refractivity contribution in [2.24, 2.45) is 11.5 Å². The second-order valence-electron chi connectivity index (χ2n) is 7.80. The summed E-state index contributed by atoms with van der Waals surface area (Å²) < 4.78 is 20.6. The molecule has 8 unspecified atom stereocenters. The van der Waals surface area contributed by atoms with E-state index < -0.39 is 86.9 Å². The number of amides is 1. The highest BCUT2D eigenvalue weighted by Gasteiger charge is 2.44. The summed E-state index contributed by atoms with van der Waals surface area (Å²) >= 11 is 0. The Hall–Kier alpha value is -2.90. The number of nitrogens with two attached hydrogens (primary N) is 2. The van der Waals surface area contributed by atoms with Crippen molar-refractivity contribution < 1.29 is 48.4 Å². The number of nitrogens with one attached hydrogen (secondary N) is 3. The minimum Gasteiger partial charge on any atom is -0.479 e. The standard InChI is InChI=1S/C20H33N6O10P/c1-4-33-19(32)12(24)11(23)13(25-3)16(29)26-17-15(28)14(27)10(35-17)7-34-20(18(30)31)37-36-9(6-21)5-8(2)22/h8-10,14-15,17,20,24-25,27-28,37H,4-5,7,22-23H2,1-3H3,(H,26,29)(H,30,31)/b13-11+,24-12?. The van der Waals surface area contributed by atoms with E-state index in [2.05, 4.69) is 15.4 Å². The van der Waals surface area contributed by atoms with Gasteiger partial charge in [-0.1, -0.05) is 0 Å². The van der Waals surface area contributed by atoms with Crippen LogP contribution >= 0.6 is 8.81 Å².